The van der Waals surface area contributed by atoms with E-state index < -0.39 is 0 Å². The molecule has 1 fully saturated rings. The van der Waals surface area contributed by atoms with Crippen molar-refractivity contribution in [3.05, 3.63) is 71.8 Å². The van der Waals surface area contributed by atoms with Gasteiger partial charge in [0.2, 0.25) is 5.95 Å². The minimum absolute atomic E-state index is 0.695. The molecule has 0 bridgehead atoms. The first-order valence-corrected chi connectivity index (χ1v) is 9.77. The molecule has 3 aromatic rings. The highest BCUT2D eigenvalue weighted by Gasteiger charge is 2.15. The molecular weight excluding hydrogens is 332 g/mol. The largest absolute Gasteiger partial charge is 0.356 e. The van der Waals surface area contributed by atoms with Crippen LogP contribution < -0.4 is 10.2 Å². The summed E-state index contributed by atoms with van der Waals surface area (Å²) in [6.45, 7) is 5.01. The van der Waals surface area contributed by atoms with Gasteiger partial charge in [-0.15, -0.1) is 0 Å². The van der Waals surface area contributed by atoms with Crippen LogP contribution in [0.1, 0.15) is 30.4 Å². The number of aromatic nitrogens is 2. The van der Waals surface area contributed by atoms with E-state index in [0.29, 0.717) is 5.95 Å². The molecule has 0 radical (unpaired) electrons. The lowest BCUT2D eigenvalue weighted by atomic mass is 10.1. The number of nitrogens with zero attached hydrogens (tertiary/aromatic N) is 3. The van der Waals surface area contributed by atoms with Crippen LogP contribution in [0.3, 0.4) is 0 Å². The van der Waals surface area contributed by atoms with E-state index in [1.807, 2.05) is 6.07 Å². The number of hydrogen-bond donors (Lipinski definition) is 1. The average Bonchev–Trinajstić information content (AvgIpc) is 2.74. The Morgan fingerprint density at radius 2 is 1.63 bits per heavy atom. The van der Waals surface area contributed by atoms with Crippen molar-refractivity contribution in [1.29, 1.82) is 0 Å². The number of aryl methyl sites for hydroxylation is 1. The van der Waals surface area contributed by atoms with Crippen molar-refractivity contribution in [3.8, 4) is 11.3 Å². The summed E-state index contributed by atoms with van der Waals surface area (Å²) in [4.78, 5) is 12.0. The molecule has 1 aliphatic rings. The molecule has 0 atom stereocenters. The van der Waals surface area contributed by atoms with Gasteiger partial charge in [0.05, 0.1) is 5.69 Å². The SMILES string of the molecule is Cc1ccccc1CNc1nc(-c2ccccc2)cc(N2CCCCC2)n1. The monoisotopic (exact) mass is 358 g/mol. The van der Waals surface area contributed by atoms with Gasteiger partial charge < -0.3 is 10.2 Å². The number of piperidine rings is 1. The van der Waals surface area contributed by atoms with Gasteiger partial charge in [-0.25, -0.2) is 4.98 Å². The lowest BCUT2D eigenvalue weighted by Gasteiger charge is -2.28. The summed E-state index contributed by atoms with van der Waals surface area (Å²) in [6, 6.07) is 20.9. The minimum atomic E-state index is 0.695. The molecule has 1 aliphatic heterocycles. The molecule has 0 unspecified atom stereocenters. The van der Waals surface area contributed by atoms with E-state index in [1.165, 1.54) is 30.4 Å². The second kappa shape index (κ2) is 8.21. The highest BCUT2D eigenvalue weighted by atomic mass is 15.2. The number of nitrogens with one attached hydrogen (secondary N) is 1. The molecule has 0 saturated carbocycles. The Kier molecular flexibility index (Phi) is 5.33. The molecule has 1 N–H and O–H groups in total. The Morgan fingerprint density at radius 1 is 0.889 bits per heavy atom. The van der Waals surface area contributed by atoms with E-state index in [-0.39, 0.29) is 0 Å². The molecule has 2 heterocycles. The van der Waals surface area contributed by atoms with Gasteiger partial charge in [0.25, 0.3) is 0 Å². The fourth-order valence-corrected chi connectivity index (χ4v) is 3.54. The normalized spacial score (nSPS) is 14.2. The smallest absolute Gasteiger partial charge is 0.225 e. The van der Waals surface area contributed by atoms with Gasteiger partial charge in [-0.3, -0.25) is 0 Å². The van der Waals surface area contributed by atoms with Gasteiger partial charge in [0, 0.05) is 31.3 Å². The van der Waals surface area contributed by atoms with Crippen LogP contribution in [0.4, 0.5) is 11.8 Å². The molecule has 1 aromatic heterocycles. The van der Waals surface area contributed by atoms with E-state index in [4.69, 9.17) is 9.97 Å². The van der Waals surface area contributed by atoms with Crippen LogP contribution >= 0.6 is 0 Å². The van der Waals surface area contributed by atoms with Crippen LogP contribution in [0.15, 0.2) is 60.7 Å². The van der Waals surface area contributed by atoms with Gasteiger partial charge in [-0.05, 0) is 37.3 Å². The molecule has 4 nitrogen and oxygen atoms in total. The molecule has 0 amide bonds. The summed E-state index contributed by atoms with van der Waals surface area (Å²) < 4.78 is 0. The van der Waals surface area contributed by atoms with E-state index in [9.17, 15) is 0 Å². The quantitative estimate of drug-likeness (QED) is 0.692. The van der Waals surface area contributed by atoms with Crippen molar-refractivity contribution in [1.82, 2.24) is 9.97 Å². The Labute approximate surface area is 161 Å². The number of benzene rings is 2. The number of anilines is 2. The van der Waals surface area contributed by atoms with Crippen molar-refractivity contribution in [2.24, 2.45) is 0 Å². The minimum Gasteiger partial charge on any atom is -0.356 e. The average molecular weight is 358 g/mol. The standard InChI is InChI=1S/C23H26N4/c1-18-10-6-7-13-20(18)17-24-23-25-21(19-11-4-2-5-12-19)16-22(26-23)27-14-8-3-9-15-27/h2,4-7,10-13,16H,3,8-9,14-15,17H2,1H3,(H,24,25,26). The second-order valence-electron chi connectivity index (χ2n) is 7.13. The molecule has 1 saturated heterocycles. The number of rotatable bonds is 5. The van der Waals surface area contributed by atoms with Crippen LogP contribution in [-0.2, 0) is 6.54 Å². The third-order valence-corrected chi connectivity index (χ3v) is 5.16. The lowest BCUT2D eigenvalue weighted by molar-refractivity contribution is 0.573. The van der Waals surface area contributed by atoms with E-state index in [2.05, 4.69) is 71.7 Å². The van der Waals surface area contributed by atoms with Crippen molar-refractivity contribution >= 4 is 11.8 Å². The van der Waals surface area contributed by atoms with Crippen molar-refractivity contribution in [3.63, 3.8) is 0 Å². The number of hydrogen-bond acceptors (Lipinski definition) is 4. The Bertz CT molecular complexity index is 886. The van der Waals surface area contributed by atoms with Gasteiger partial charge in [0.15, 0.2) is 0 Å². The molecule has 138 valence electrons. The highest BCUT2D eigenvalue weighted by Crippen LogP contribution is 2.25. The summed E-state index contributed by atoms with van der Waals surface area (Å²) in [5.41, 5.74) is 4.64. The predicted octanol–water partition coefficient (Wildman–Crippen LogP) is 5.05. The topological polar surface area (TPSA) is 41.1 Å². The molecule has 0 spiro atoms. The molecule has 0 aliphatic carbocycles. The fourth-order valence-electron chi connectivity index (χ4n) is 3.54. The van der Waals surface area contributed by atoms with Crippen molar-refractivity contribution < 1.29 is 0 Å². The Hall–Kier alpha value is -2.88. The zero-order valence-electron chi connectivity index (χ0n) is 15.9. The van der Waals surface area contributed by atoms with E-state index in [0.717, 1.165) is 36.7 Å². The molecule has 27 heavy (non-hydrogen) atoms. The first kappa shape index (κ1) is 17.5. The third-order valence-electron chi connectivity index (χ3n) is 5.16. The van der Waals surface area contributed by atoms with Crippen LogP contribution in [-0.4, -0.2) is 23.1 Å². The summed E-state index contributed by atoms with van der Waals surface area (Å²) in [5.74, 6) is 1.72. The summed E-state index contributed by atoms with van der Waals surface area (Å²) in [7, 11) is 0. The van der Waals surface area contributed by atoms with Crippen LogP contribution in [0, 0.1) is 6.92 Å². The predicted molar refractivity (Wildman–Crippen MR) is 112 cm³/mol. The third kappa shape index (κ3) is 4.27. The maximum absolute atomic E-state index is 4.83. The maximum atomic E-state index is 4.83. The van der Waals surface area contributed by atoms with Crippen molar-refractivity contribution in [2.75, 3.05) is 23.3 Å². The Morgan fingerprint density at radius 3 is 2.41 bits per heavy atom. The second-order valence-corrected chi connectivity index (χ2v) is 7.13. The molecule has 2 aromatic carbocycles. The van der Waals surface area contributed by atoms with Crippen LogP contribution in [0.2, 0.25) is 0 Å². The maximum Gasteiger partial charge on any atom is 0.225 e. The first-order chi connectivity index (χ1) is 13.3. The first-order valence-electron chi connectivity index (χ1n) is 9.77. The van der Waals surface area contributed by atoms with E-state index in [1.54, 1.807) is 0 Å². The van der Waals surface area contributed by atoms with Gasteiger partial charge in [0.1, 0.15) is 5.82 Å². The molecule has 4 rings (SSSR count). The fraction of sp³-hybridized carbons (Fsp3) is 0.304. The summed E-state index contributed by atoms with van der Waals surface area (Å²) in [5, 5.41) is 3.44. The highest BCUT2D eigenvalue weighted by molar-refractivity contribution is 5.65. The van der Waals surface area contributed by atoms with Gasteiger partial charge in [-0.2, -0.15) is 4.98 Å². The van der Waals surface area contributed by atoms with Gasteiger partial charge in [-0.1, -0.05) is 54.6 Å². The zero-order valence-corrected chi connectivity index (χ0v) is 15.9. The molecular formula is C23H26N4. The summed E-state index contributed by atoms with van der Waals surface area (Å²) in [6.07, 6.45) is 3.78. The van der Waals surface area contributed by atoms with Crippen LogP contribution in [0.5, 0.6) is 0 Å². The van der Waals surface area contributed by atoms with Crippen molar-refractivity contribution in [2.45, 2.75) is 32.7 Å². The van der Waals surface area contributed by atoms with Crippen LogP contribution in [0.25, 0.3) is 11.3 Å². The van der Waals surface area contributed by atoms with E-state index >= 15 is 0 Å². The molecule has 4 heteroatoms. The lowest BCUT2D eigenvalue weighted by Crippen LogP contribution is -2.30. The Balaban J connectivity index is 1.64. The zero-order chi connectivity index (χ0) is 18.5. The van der Waals surface area contributed by atoms with Gasteiger partial charge >= 0.3 is 0 Å². The summed E-state index contributed by atoms with van der Waals surface area (Å²) >= 11 is 0.